The number of hydrogen-bond donors (Lipinski definition) is 1. The van der Waals surface area contributed by atoms with Crippen LogP contribution < -0.4 is 5.69 Å². The Morgan fingerprint density at radius 1 is 1.33 bits per heavy atom. The van der Waals surface area contributed by atoms with Crippen LogP contribution >= 0.6 is 0 Å². The van der Waals surface area contributed by atoms with Gasteiger partial charge in [-0.15, -0.1) is 5.10 Å². The lowest BCUT2D eigenvalue weighted by atomic mass is 10.1. The minimum atomic E-state index is -1.47. The van der Waals surface area contributed by atoms with Gasteiger partial charge in [0.05, 0.1) is 16.0 Å². The molecule has 2 rings (SSSR count). The number of hydrogen-bond acceptors (Lipinski definition) is 3. The Kier molecular flexibility index (Phi) is 5.06. The number of benzene rings is 1. The lowest BCUT2D eigenvalue weighted by molar-refractivity contribution is 0.584. The molecule has 1 heterocycles. The number of rotatable bonds is 6. The van der Waals surface area contributed by atoms with Gasteiger partial charge in [-0.1, -0.05) is 26.0 Å². The molecule has 1 N–H and O–H groups in total. The number of nitrogens with zero attached hydrogens (tertiary/aromatic N) is 2. The van der Waals surface area contributed by atoms with Crippen molar-refractivity contribution in [2.24, 2.45) is 0 Å². The number of aromatic amines is 1. The third-order valence-corrected chi connectivity index (χ3v) is 5.02. The molecule has 1 aromatic heterocycles. The van der Waals surface area contributed by atoms with Crippen molar-refractivity contribution in [3.8, 4) is 0 Å². The summed E-state index contributed by atoms with van der Waals surface area (Å²) in [7, 11) is -1.47. The Morgan fingerprint density at radius 3 is 2.57 bits per heavy atom. The quantitative estimate of drug-likeness (QED) is 0.890. The maximum Gasteiger partial charge on any atom is 0.344 e. The molecule has 2 atom stereocenters. The fourth-order valence-corrected chi connectivity index (χ4v) is 3.68. The highest BCUT2D eigenvalue weighted by Gasteiger charge is 2.24. The molecule has 5 nitrogen and oxygen atoms in total. The van der Waals surface area contributed by atoms with Crippen molar-refractivity contribution in [3.05, 3.63) is 46.1 Å². The van der Waals surface area contributed by atoms with E-state index in [1.54, 1.807) is 12.1 Å². The molecule has 0 spiro atoms. The summed E-state index contributed by atoms with van der Waals surface area (Å²) in [5.41, 5.74) is 0.421. The zero-order valence-corrected chi connectivity index (χ0v) is 12.8. The van der Waals surface area contributed by atoms with Gasteiger partial charge < -0.3 is 0 Å². The second-order valence-electron chi connectivity index (χ2n) is 4.71. The highest BCUT2D eigenvalue weighted by Crippen LogP contribution is 2.27. The number of nitrogens with one attached hydrogen (secondary N) is 1. The Hall–Kier alpha value is -1.76. The molecule has 21 heavy (non-hydrogen) atoms. The van der Waals surface area contributed by atoms with Crippen LogP contribution in [-0.4, -0.2) is 19.0 Å². The van der Waals surface area contributed by atoms with Crippen LogP contribution in [0.1, 0.15) is 37.5 Å². The summed E-state index contributed by atoms with van der Waals surface area (Å²) in [5.74, 6) is -0.331. The normalized spacial score (nSPS) is 14.0. The molecule has 0 saturated carbocycles. The maximum absolute atomic E-state index is 13.0. The van der Waals surface area contributed by atoms with Gasteiger partial charge in [-0.2, -0.15) is 0 Å². The third-order valence-electron chi connectivity index (χ3n) is 3.22. The molecular formula is C14H18FN3O2S. The molecular weight excluding hydrogens is 293 g/mol. The van der Waals surface area contributed by atoms with Gasteiger partial charge in [0, 0.05) is 6.54 Å². The van der Waals surface area contributed by atoms with E-state index in [1.807, 2.05) is 13.8 Å². The molecule has 0 aliphatic carbocycles. The number of halogens is 1. The lowest BCUT2D eigenvalue weighted by Gasteiger charge is -2.14. The van der Waals surface area contributed by atoms with E-state index in [0.717, 1.165) is 12.0 Å². The van der Waals surface area contributed by atoms with Crippen LogP contribution in [0.5, 0.6) is 0 Å². The van der Waals surface area contributed by atoms with E-state index in [9.17, 15) is 13.4 Å². The Morgan fingerprint density at radius 2 is 2.00 bits per heavy atom. The predicted molar refractivity (Wildman–Crippen MR) is 79.0 cm³/mol. The van der Waals surface area contributed by atoms with Crippen molar-refractivity contribution < 1.29 is 8.60 Å². The molecule has 0 aliphatic heterocycles. The van der Waals surface area contributed by atoms with Crippen molar-refractivity contribution in [1.82, 2.24) is 14.8 Å². The topological polar surface area (TPSA) is 67.8 Å². The molecule has 2 aromatic rings. The molecule has 0 saturated heterocycles. The fourth-order valence-electron chi connectivity index (χ4n) is 2.19. The van der Waals surface area contributed by atoms with Gasteiger partial charge in [0.2, 0.25) is 5.16 Å². The van der Waals surface area contributed by atoms with E-state index in [4.69, 9.17) is 0 Å². The molecule has 2 unspecified atom stereocenters. The Labute approximate surface area is 124 Å². The van der Waals surface area contributed by atoms with Gasteiger partial charge in [-0.3, -0.25) is 8.78 Å². The highest BCUT2D eigenvalue weighted by molar-refractivity contribution is 7.85. The van der Waals surface area contributed by atoms with Gasteiger partial charge in [-0.25, -0.2) is 14.3 Å². The van der Waals surface area contributed by atoms with Crippen molar-refractivity contribution in [2.45, 2.75) is 43.6 Å². The summed E-state index contributed by atoms with van der Waals surface area (Å²) >= 11 is 0. The number of H-pyrrole nitrogens is 1. The molecule has 0 fully saturated rings. The fraction of sp³-hybridized carbons (Fsp3) is 0.429. The Balaban J connectivity index is 2.37. The minimum Gasteiger partial charge on any atom is -0.268 e. The smallest absolute Gasteiger partial charge is 0.268 e. The standard InChI is InChI=1S/C14H18FN3O2S/c1-3-9-18-13(19)16-17-14(18)21(20)12(4-2)10-5-7-11(15)8-6-10/h5-8,12H,3-4,9H2,1-2H3,(H,16,19). The Bertz CT molecular complexity index is 678. The monoisotopic (exact) mass is 311 g/mol. The summed E-state index contributed by atoms with van der Waals surface area (Å²) in [5, 5.41) is 6.17. The second-order valence-corrected chi connectivity index (χ2v) is 6.24. The van der Waals surface area contributed by atoms with E-state index in [1.165, 1.54) is 16.7 Å². The van der Waals surface area contributed by atoms with Crippen molar-refractivity contribution in [2.75, 3.05) is 0 Å². The molecule has 0 bridgehead atoms. The van der Waals surface area contributed by atoms with Crippen molar-refractivity contribution in [1.29, 1.82) is 0 Å². The molecule has 114 valence electrons. The SMILES string of the molecule is CCCn1c(S(=O)C(CC)c2ccc(F)cc2)n[nH]c1=O. The minimum absolute atomic E-state index is 0.248. The third kappa shape index (κ3) is 3.29. The van der Waals surface area contributed by atoms with E-state index in [-0.39, 0.29) is 21.9 Å². The molecule has 1 aromatic carbocycles. The first kappa shape index (κ1) is 15.6. The zero-order valence-electron chi connectivity index (χ0n) is 12.0. The van der Waals surface area contributed by atoms with Crippen LogP contribution in [0.3, 0.4) is 0 Å². The van der Waals surface area contributed by atoms with Crippen LogP contribution in [0.25, 0.3) is 0 Å². The van der Waals surface area contributed by atoms with E-state index in [0.29, 0.717) is 13.0 Å². The van der Waals surface area contributed by atoms with E-state index < -0.39 is 10.8 Å². The largest absolute Gasteiger partial charge is 0.344 e. The summed E-state index contributed by atoms with van der Waals surface area (Å²) in [6.45, 7) is 4.31. The average molecular weight is 311 g/mol. The van der Waals surface area contributed by atoms with E-state index in [2.05, 4.69) is 10.2 Å². The molecule has 0 radical (unpaired) electrons. The van der Waals surface area contributed by atoms with Gasteiger partial charge in [0.25, 0.3) is 0 Å². The first-order valence-electron chi connectivity index (χ1n) is 6.89. The summed E-state index contributed by atoms with van der Waals surface area (Å²) in [6, 6.07) is 5.93. The van der Waals surface area contributed by atoms with Crippen LogP contribution in [0.4, 0.5) is 4.39 Å². The summed E-state index contributed by atoms with van der Waals surface area (Å²) < 4.78 is 27.2. The number of aromatic nitrogens is 3. The lowest BCUT2D eigenvalue weighted by Crippen LogP contribution is -2.20. The molecule has 0 aliphatic rings. The van der Waals surface area contributed by atoms with Crippen LogP contribution in [0, 0.1) is 5.82 Å². The van der Waals surface area contributed by atoms with Gasteiger partial charge >= 0.3 is 5.69 Å². The highest BCUT2D eigenvalue weighted by atomic mass is 32.2. The van der Waals surface area contributed by atoms with Gasteiger partial charge in [-0.05, 0) is 30.5 Å². The van der Waals surface area contributed by atoms with Crippen LogP contribution in [0.2, 0.25) is 0 Å². The second kappa shape index (κ2) is 6.80. The van der Waals surface area contributed by atoms with Crippen molar-refractivity contribution >= 4 is 10.8 Å². The summed E-state index contributed by atoms with van der Waals surface area (Å²) in [4.78, 5) is 11.7. The van der Waals surface area contributed by atoms with Gasteiger partial charge in [0.1, 0.15) is 5.82 Å². The first-order valence-corrected chi connectivity index (χ1v) is 8.11. The van der Waals surface area contributed by atoms with Crippen molar-refractivity contribution in [3.63, 3.8) is 0 Å². The van der Waals surface area contributed by atoms with Gasteiger partial charge in [0.15, 0.2) is 0 Å². The molecule has 0 amide bonds. The predicted octanol–water partition coefficient (Wildman–Crippen LogP) is 2.38. The first-order chi connectivity index (χ1) is 10.1. The summed E-state index contributed by atoms with van der Waals surface area (Å²) in [6.07, 6.45) is 1.35. The van der Waals surface area contributed by atoms with Crippen LogP contribution in [-0.2, 0) is 17.3 Å². The van der Waals surface area contributed by atoms with Crippen LogP contribution in [0.15, 0.2) is 34.2 Å². The average Bonchev–Trinajstić information content (AvgIpc) is 2.83. The molecule has 7 heteroatoms. The zero-order chi connectivity index (χ0) is 15.4. The maximum atomic E-state index is 13.0. The van der Waals surface area contributed by atoms with E-state index >= 15 is 0 Å².